The zero-order valence-electron chi connectivity index (χ0n) is 11.7. The average Bonchev–Trinajstić information content (AvgIpc) is 2.93. The highest BCUT2D eigenvalue weighted by Crippen LogP contribution is 2.15. The molecule has 0 spiro atoms. The van der Waals surface area contributed by atoms with Gasteiger partial charge in [0.2, 0.25) is 5.91 Å². The number of nitrogens with one attached hydrogen (secondary N) is 1. The second-order valence-corrected chi connectivity index (χ2v) is 5.61. The minimum Gasteiger partial charge on any atom is -0.384 e. The van der Waals surface area contributed by atoms with Crippen molar-refractivity contribution in [2.75, 3.05) is 6.61 Å². The Bertz CT molecular complexity index is 683. The molecule has 2 heterocycles. The summed E-state index contributed by atoms with van der Waals surface area (Å²) in [6, 6.07) is 7.62. The van der Waals surface area contributed by atoms with Gasteiger partial charge in [0, 0.05) is 11.1 Å². The molecule has 0 aliphatic carbocycles. The first-order valence-electron chi connectivity index (χ1n) is 6.54. The van der Waals surface area contributed by atoms with E-state index in [1.165, 1.54) is 11.3 Å². The molecule has 2 rings (SSSR count). The van der Waals surface area contributed by atoms with Crippen LogP contribution in [0.2, 0.25) is 0 Å². The molecule has 0 saturated carbocycles. The number of amides is 1. The number of aliphatic hydroxyl groups is 1. The highest BCUT2D eigenvalue weighted by molar-refractivity contribution is 7.12. The average molecular weight is 300 g/mol. The number of pyridine rings is 1. The van der Waals surface area contributed by atoms with Gasteiger partial charge in [-0.25, -0.2) is 0 Å². The number of hydrogen-bond donors (Lipinski definition) is 2. The van der Waals surface area contributed by atoms with Gasteiger partial charge in [-0.1, -0.05) is 17.9 Å². The van der Waals surface area contributed by atoms with E-state index in [1.807, 2.05) is 31.2 Å². The molecule has 0 radical (unpaired) electrons. The molecule has 0 unspecified atom stereocenters. The predicted octanol–water partition coefficient (Wildman–Crippen LogP) is 1.65. The maximum absolute atomic E-state index is 11.9. The second kappa shape index (κ2) is 7.58. The number of thiophene rings is 1. The Labute approximate surface area is 127 Å². The van der Waals surface area contributed by atoms with E-state index in [0.29, 0.717) is 6.54 Å². The first-order chi connectivity index (χ1) is 10.2. The van der Waals surface area contributed by atoms with E-state index in [2.05, 4.69) is 22.1 Å². The maximum atomic E-state index is 11.9. The molecule has 0 saturated heterocycles. The minimum atomic E-state index is -0.145. The first kappa shape index (κ1) is 15.2. The molecule has 4 nitrogen and oxygen atoms in total. The van der Waals surface area contributed by atoms with Crippen molar-refractivity contribution in [1.29, 1.82) is 0 Å². The van der Waals surface area contributed by atoms with E-state index < -0.39 is 0 Å². The Morgan fingerprint density at radius 2 is 2.29 bits per heavy atom. The van der Waals surface area contributed by atoms with Crippen molar-refractivity contribution >= 4 is 17.2 Å². The quantitative estimate of drug-likeness (QED) is 0.844. The fourth-order valence-electron chi connectivity index (χ4n) is 1.77. The number of carbonyl (C=O) groups excluding carboxylic acids is 1. The summed E-state index contributed by atoms with van der Waals surface area (Å²) in [5.74, 6) is 5.40. The maximum Gasteiger partial charge on any atom is 0.226 e. The van der Waals surface area contributed by atoms with Crippen LogP contribution in [-0.4, -0.2) is 22.6 Å². The SMILES string of the molecule is Cc1cccnc1CC(=O)NCc1ccc(C#CCO)s1. The molecule has 2 aromatic rings. The minimum absolute atomic E-state index is 0.0480. The number of aryl methyl sites for hydroxylation is 1. The predicted molar refractivity (Wildman–Crippen MR) is 82.8 cm³/mol. The Balaban J connectivity index is 1.87. The largest absolute Gasteiger partial charge is 0.384 e. The summed E-state index contributed by atoms with van der Waals surface area (Å²) >= 11 is 1.51. The third-order valence-corrected chi connectivity index (χ3v) is 3.86. The number of carbonyl (C=O) groups is 1. The number of aliphatic hydroxyl groups excluding tert-OH is 1. The van der Waals surface area contributed by atoms with Gasteiger partial charge in [0.05, 0.1) is 23.5 Å². The van der Waals surface area contributed by atoms with E-state index in [9.17, 15) is 4.79 Å². The smallest absolute Gasteiger partial charge is 0.226 e. The van der Waals surface area contributed by atoms with Crippen LogP contribution in [0.4, 0.5) is 0 Å². The molecular formula is C16H16N2O2S. The topological polar surface area (TPSA) is 62.2 Å². The van der Waals surface area contributed by atoms with Crippen molar-refractivity contribution in [3.63, 3.8) is 0 Å². The van der Waals surface area contributed by atoms with Gasteiger partial charge >= 0.3 is 0 Å². The van der Waals surface area contributed by atoms with Crippen molar-refractivity contribution in [2.24, 2.45) is 0 Å². The third-order valence-electron chi connectivity index (χ3n) is 2.86. The van der Waals surface area contributed by atoms with E-state index in [1.54, 1.807) is 6.20 Å². The van der Waals surface area contributed by atoms with Crippen LogP contribution in [0.1, 0.15) is 21.0 Å². The lowest BCUT2D eigenvalue weighted by molar-refractivity contribution is -0.120. The van der Waals surface area contributed by atoms with Crippen LogP contribution in [0.3, 0.4) is 0 Å². The van der Waals surface area contributed by atoms with Crippen LogP contribution in [0.25, 0.3) is 0 Å². The summed E-state index contributed by atoms with van der Waals surface area (Å²) in [5, 5.41) is 11.5. The van der Waals surface area contributed by atoms with E-state index in [-0.39, 0.29) is 18.9 Å². The summed E-state index contributed by atoms with van der Waals surface area (Å²) in [7, 11) is 0. The van der Waals surface area contributed by atoms with Crippen LogP contribution < -0.4 is 5.32 Å². The highest BCUT2D eigenvalue weighted by atomic mass is 32.1. The second-order valence-electron chi connectivity index (χ2n) is 4.45. The number of nitrogens with zero attached hydrogens (tertiary/aromatic N) is 1. The van der Waals surface area contributed by atoms with Gasteiger partial charge in [0.25, 0.3) is 0 Å². The summed E-state index contributed by atoms with van der Waals surface area (Å²) < 4.78 is 0. The Hall–Kier alpha value is -2.16. The van der Waals surface area contributed by atoms with E-state index in [0.717, 1.165) is 21.0 Å². The zero-order valence-corrected chi connectivity index (χ0v) is 12.5. The summed E-state index contributed by atoms with van der Waals surface area (Å²) in [6.45, 7) is 2.28. The zero-order chi connectivity index (χ0) is 15.1. The van der Waals surface area contributed by atoms with Crippen molar-refractivity contribution in [1.82, 2.24) is 10.3 Å². The Kier molecular flexibility index (Phi) is 5.50. The standard InChI is InChI=1S/C16H16N2O2S/c1-12-4-2-8-17-15(12)10-16(20)18-11-14-7-6-13(21-14)5-3-9-19/h2,4,6-8,19H,9-11H2,1H3,(H,18,20). The van der Waals surface area contributed by atoms with Gasteiger partial charge in [0.15, 0.2) is 0 Å². The van der Waals surface area contributed by atoms with Crippen LogP contribution in [0.5, 0.6) is 0 Å². The molecule has 0 bridgehead atoms. The number of rotatable bonds is 4. The van der Waals surface area contributed by atoms with Crippen LogP contribution >= 0.6 is 11.3 Å². The van der Waals surface area contributed by atoms with Crippen molar-refractivity contribution in [3.05, 3.63) is 51.5 Å². The molecule has 108 valence electrons. The fourth-order valence-corrected chi connectivity index (χ4v) is 2.59. The van der Waals surface area contributed by atoms with Gasteiger partial charge in [-0.15, -0.1) is 11.3 Å². The van der Waals surface area contributed by atoms with Gasteiger partial charge in [-0.3, -0.25) is 9.78 Å². The molecule has 21 heavy (non-hydrogen) atoms. The van der Waals surface area contributed by atoms with Gasteiger partial charge in [-0.2, -0.15) is 0 Å². The fraction of sp³-hybridized carbons (Fsp3) is 0.250. The first-order valence-corrected chi connectivity index (χ1v) is 7.36. The molecule has 2 N–H and O–H groups in total. The summed E-state index contributed by atoms with van der Waals surface area (Å²) in [5.41, 5.74) is 1.82. The van der Waals surface area contributed by atoms with Gasteiger partial charge in [-0.05, 0) is 30.7 Å². The molecule has 0 fully saturated rings. The summed E-state index contributed by atoms with van der Waals surface area (Å²) in [6.07, 6.45) is 1.98. The molecule has 1 amide bonds. The summed E-state index contributed by atoms with van der Waals surface area (Å²) in [4.78, 5) is 18.0. The highest BCUT2D eigenvalue weighted by Gasteiger charge is 2.07. The molecular weight excluding hydrogens is 284 g/mol. The van der Waals surface area contributed by atoms with Crippen molar-refractivity contribution in [2.45, 2.75) is 19.9 Å². The normalized spacial score (nSPS) is 9.81. The molecule has 0 atom stereocenters. The van der Waals surface area contributed by atoms with E-state index >= 15 is 0 Å². The van der Waals surface area contributed by atoms with Gasteiger partial charge < -0.3 is 10.4 Å². The molecule has 0 aromatic carbocycles. The lowest BCUT2D eigenvalue weighted by atomic mass is 10.1. The monoisotopic (exact) mass is 300 g/mol. The lowest BCUT2D eigenvalue weighted by Crippen LogP contribution is -2.24. The lowest BCUT2D eigenvalue weighted by Gasteiger charge is -2.05. The van der Waals surface area contributed by atoms with Crippen molar-refractivity contribution in [3.8, 4) is 11.8 Å². The van der Waals surface area contributed by atoms with Crippen LogP contribution in [-0.2, 0) is 17.8 Å². The Morgan fingerprint density at radius 1 is 1.43 bits per heavy atom. The van der Waals surface area contributed by atoms with Crippen molar-refractivity contribution < 1.29 is 9.90 Å². The molecule has 0 aliphatic rings. The molecule has 2 aromatic heterocycles. The van der Waals surface area contributed by atoms with Crippen LogP contribution in [0, 0.1) is 18.8 Å². The molecule has 5 heteroatoms. The number of hydrogen-bond acceptors (Lipinski definition) is 4. The van der Waals surface area contributed by atoms with Gasteiger partial charge in [0.1, 0.15) is 6.61 Å². The van der Waals surface area contributed by atoms with E-state index in [4.69, 9.17) is 5.11 Å². The van der Waals surface area contributed by atoms with Crippen LogP contribution in [0.15, 0.2) is 30.5 Å². The number of aromatic nitrogens is 1. The Morgan fingerprint density at radius 3 is 3.05 bits per heavy atom. The third kappa shape index (κ3) is 4.71. The molecule has 0 aliphatic heterocycles.